The lowest BCUT2D eigenvalue weighted by Crippen LogP contribution is -2.60. The lowest BCUT2D eigenvalue weighted by Gasteiger charge is -2.46. The van der Waals surface area contributed by atoms with Gasteiger partial charge in [-0.05, 0) is 78.5 Å². The van der Waals surface area contributed by atoms with E-state index in [9.17, 15) is 38.7 Å². The van der Waals surface area contributed by atoms with Crippen LogP contribution in [-0.2, 0) is 29.0 Å². The van der Waals surface area contributed by atoms with Gasteiger partial charge in [-0.2, -0.15) is 4.31 Å². The van der Waals surface area contributed by atoms with Gasteiger partial charge in [-0.3, -0.25) is 4.79 Å². The van der Waals surface area contributed by atoms with Crippen LogP contribution in [0.1, 0.15) is 74.7 Å². The van der Waals surface area contributed by atoms with Crippen LogP contribution in [0.3, 0.4) is 0 Å². The summed E-state index contributed by atoms with van der Waals surface area (Å²) in [6.45, 7) is 13.4. The highest BCUT2D eigenvalue weighted by atomic mass is 32.2. The van der Waals surface area contributed by atoms with E-state index in [4.69, 9.17) is 14.2 Å². The van der Waals surface area contributed by atoms with Crippen LogP contribution in [-0.4, -0.2) is 124 Å². The van der Waals surface area contributed by atoms with Crippen molar-refractivity contribution in [3.63, 3.8) is 0 Å². The Bertz CT molecular complexity index is 1300. The van der Waals surface area contributed by atoms with Gasteiger partial charge in [0.15, 0.2) is 6.29 Å². The number of aliphatic hydroxyl groups excluding tert-OH is 3. The second kappa shape index (κ2) is 16.1. The van der Waals surface area contributed by atoms with E-state index in [1.807, 2.05) is 6.92 Å². The molecule has 2 fully saturated rings. The van der Waals surface area contributed by atoms with Crippen LogP contribution in [0.5, 0.6) is 0 Å². The number of nitrogens with zero attached hydrogens (tertiary/aromatic N) is 1. The monoisotopic (exact) mass is 702 g/mol. The molecule has 1 aromatic rings. The molecule has 13 nitrogen and oxygen atoms in total. The van der Waals surface area contributed by atoms with E-state index in [2.05, 4.69) is 5.32 Å². The fourth-order valence-corrected chi connectivity index (χ4v) is 8.55. The third kappa shape index (κ3) is 8.95. The summed E-state index contributed by atoms with van der Waals surface area (Å²) in [5, 5.41) is 60.7. The molecule has 2 saturated heterocycles. The van der Waals surface area contributed by atoms with Crippen molar-refractivity contribution < 1.29 is 53.0 Å². The lowest BCUT2D eigenvalue weighted by molar-refractivity contribution is -0.297. The Morgan fingerprint density at radius 2 is 1.62 bits per heavy atom. The van der Waals surface area contributed by atoms with Gasteiger partial charge in [0.25, 0.3) is 0 Å². The molecule has 6 N–H and O–H groups in total. The number of benzene rings is 1. The Morgan fingerprint density at radius 3 is 2.21 bits per heavy atom. The minimum Gasteiger partial charge on any atom is -0.459 e. The number of likely N-dealkylation sites (N-methyl/N-ethyl adjacent to an activating group) is 1. The second-order valence-electron chi connectivity index (χ2n) is 14.5. The Balaban J connectivity index is 1.98. The topological polar surface area (TPSA) is 195 Å². The third-order valence-corrected chi connectivity index (χ3v) is 12.1. The summed E-state index contributed by atoms with van der Waals surface area (Å²) in [5.41, 5.74) is -3.47. The number of hydrogen-bond donors (Lipinski definition) is 6. The van der Waals surface area contributed by atoms with Crippen LogP contribution in [0.15, 0.2) is 35.2 Å². The van der Waals surface area contributed by atoms with Crippen LogP contribution < -0.4 is 5.32 Å². The molecular weight excluding hydrogens is 644 g/mol. The zero-order valence-corrected chi connectivity index (χ0v) is 30.5. The number of nitrogens with one attached hydrogen (secondary N) is 1. The smallest absolute Gasteiger partial charge is 0.311 e. The van der Waals surface area contributed by atoms with Crippen LogP contribution >= 0.6 is 0 Å². The third-order valence-electron chi connectivity index (χ3n) is 10.2. The van der Waals surface area contributed by atoms with Gasteiger partial charge >= 0.3 is 5.97 Å². The molecule has 0 saturated carbocycles. The number of ether oxygens (including phenoxy) is 3. The maximum atomic E-state index is 13.5. The lowest BCUT2D eigenvalue weighted by atomic mass is 9.78. The van der Waals surface area contributed by atoms with Gasteiger partial charge in [-0.15, -0.1) is 0 Å². The van der Waals surface area contributed by atoms with E-state index in [0.29, 0.717) is 6.54 Å². The summed E-state index contributed by atoms with van der Waals surface area (Å²) in [7, 11) is -2.61. The molecule has 2 aliphatic rings. The number of carbonyl (C=O) groups is 1. The van der Waals surface area contributed by atoms with E-state index in [1.165, 1.54) is 40.0 Å². The fraction of sp³-hybridized carbons (Fsp3) is 0.794. The highest BCUT2D eigenvalue weighted by molar-refractivity contribution is 7.89. The molecule has 2 heterocycles. The number of hydrogen-bond acceptors (Lipinski definition) is 12. The number of rotatable bonds is 6. The standard InChI is InChI=1S/C34H58N2O11S/c1-10-26-34(8,42)29(39)23(6)35-18-19(2)17-33(7,41)30(21(4)27(37)22(5)31(40)46-26)47-32-28(38)25(16-20(3)45-32)36(9)48(43,44)24-14-12-11-13-15-24/h11-15,19-23,25-30,32,35,37-39,41-42H,10,16-18H2,1-9H3/t19-,20-,21+,22-,23-,25+,26-,27+,28-,29-,30-,32+,33-,34-/m1/s1. The Kier molecular flexibility index (Phi) is 13.6. The van der Waals surface area contributed by atoms with Gasteiger partial charge in [-0.25, -0.2) is 8.42 Å². The number of esters is 1. The quantitative estimate of drug-likeness (QED) is 0.234. The zero-order chi connectivity index (χ0) is 36.4. The first kappa shape index (κ1) is 40.7. The predicted molar refractivity (Wildman–Crippen MR) is 178 cm³/mol. The first-order valence-electron chi connectivity index (χ1n) is 16.9. The molecule has 0 unspecified atom stereocenters. The van der Waals surface area contributed by atoms with Crippen molar-refractivity contribution in [2.75, 3.05) is 13.6 Å². The van der Waals surface area contributed by atoms with E-state index in [0.717, 1.165) is 4.31 Å². The molecule has 48 heavy (non-hydrogen) atoms. The highest BCUT2D eigenvalue weighted by Crippen LogP contribution is 2.37. The average molecular weight is 703 g/mol. The van der Waals surface area contributed by atoms with Crippen LogP contribution in [0.2, 0.25) is 0 Å². The molecule has 3 rings (SSSR count). The van der Waals surface area contributed by atoms with E-state index in [-0.39, 0.29) is 30.1 Å². The van der Waals surface area contributed by atoms with Crippen molar-refractivity contribution in [2.24, 2.45) is 17.8 Å². The van der Waals surface area contributed by atoms with Crippen LogP contribution in [0.25, 0.3) is 0 Å². The van der Waals surface area contributed by atoms with E-state index < -0.39 is 94.0 Å². The first-order chi connectivity index (χ1) is 22.2. The molecule has 0 amide bonds. The molecule has 14 heteroatoms. The minimum atomic E-state index is -4.00. The highest BCUT2D eigenvalue weighted by Gasteiger charge is 2.50. The van der Waals surface area contributed by atoms with Crippen molar-refractivity contribution in [3.8, 4) is 0 Å². The fourth-order valence-electron chi connectivity index (χ4n) is 7.15. The maximum Gasteiger partial charge on any atom is 0.311 e. The van der Waals surface area contributed by atoms with Crippen LogP contribution in [0.4, 0.5) is 0 Å². The molecule has 0 spiro atoms. The molecule has 276 valence electrons. The average Bonchev–Trinajstić information content (AvgIpc) is 3.03. The van der Waals surface area contributed by atoms with Crippen LogP contribution in [0, 0.1) is 17.8 Å². The van der Waals surface area contributed by atoms with Gasteiger partial charge in [0, 0.05) is 19.0 Å². The largest absolute Gasteiger partial charge is 0.459 e. The predicted octanol–water partition coefficient (Wildman–Crippen LogP) is 1.39. The van der Waals surface area contributed by atoms with Crippen molar-refractivity contribution in [2.45, 2.75) is 146 Å². The summed E-state index contributed by atoms with van der Waals surface area (Å²) in [4.78, 5) is 13.4. The summed E-state index contributed by atoms with van der Waals surface area (Å²) >= 11 is 0. The van der Waals surface area contributed by atoms with Crippen molar-refractivity contribution in [1.82, 2.24) is 9.62 Å². The molecule has 1 aromatic carbocycles. The van der Waals surface area contributed by atoms with Crippen molar-refractivity contribution in [1.29, 1.82) is 0 Å². The van der Waals surface area contributed by atoms with Crippen molar-refractivity contribution in [3.05, 3.63) is 30.3 Å². The van der Waals surface area contributed by atoms with Gasteiger partial charge in [0.2, 0.25) is 10.0 Å². The van der Waals surface area contributed by atoms with Gasteiger partial charge in [-0.1, -0.05) is 39.0 Å². The Labute approximate surface area is 285 Å². The Morgan fingerprint density at radius 1 is 1.02 bits per heavy atom. The number of carbonyl (C=O) groups excluding carboxylic acids is 1. The molecule has 0 aromatic heterocycles. The SMILES string of the molecule is CC[C@H]1OC(=O)[C@H](C)[C@@H](O)[C@H](C)[C@@H](O[C@@H]2O[C@H](C)C[C@H](N(C)S(=O)(=O)c3ccccc3)[C@H]2O)[C@](C)(O)C[C@@H](C)CN[C@H](C)[C@@H](O)[C@]1(C)O. The summed E-state index contributed by atoms with van der Waals surface area (Å²) in [6.07, 6.45) is -7.96. The van der Waals surface area contributed by atoms with E-state index in [1.54, 1.807) is 45.9 Å². The van der Waals surface area contributed by atoms with E-state index >= 15 is 0 Å². The van der Waals surface area contributed by atoms with Gasteiger partial charge < -0.3 is 45.1 Å². The van der Waals surface area contributed by atoms with Gasteiger partial charge in [0.05, 0.1) is 40.8 Å². The van der Waals surface area contributed by atoms with Gasteiger partial charge in [0.1, 0.15) is 23.9 Å². The molecule has 2 aliphatic heterocycles. The second-order valence-corrected chi connectivity index (χ2v) is 16.5. The zero-order valence-electron chi connectivity index (χ0n) is 29.7. The number of aliphatic hydroxyl groups is 5. The maximum absolute atomic E-state index is 13.5. The summed E-state index contributed by atoms with van der Waals surface area (Å²) in [6, 6.07) is 6.31. The first-order valence-corrected chi connectivity index (χ1v) is 18.4. The van der Waals surface area contributed by atoms with Crippen molar-refractivity contribution >= 4 is 16.0 Å². The molecule has 0 bridgehead atoms. The summed E-state index contributed by atoms with van der Waals surface area (Å²) < 4.78 is 46.1. The number of sulfonamides is 1. The Hall–Kier alpha value is -1.72. The summed E-state index contributed by atoms with van der Waals surface area (Å²) in [5.74, 6) is -3.11. The molecule has 14 atom stereocenters. The normalized spacial score (nSPS) is 42.9. The minimum absolute atomic E-state index is 0.0648. The molecular formula is C34H58N2O11S. The number of cyclic esters (lactones) is 1. The molecule has 0 radical (unpaired) electrons. The molecule has 0 aliphatic carbocycles.